The standard InChI is InChI=1S/C19H20N2O4/c1-13(22)14-6-10-17(11-7-14)25-12-2-3-18(23)21-16-8-4-15(5-9-16)19(20)24/h4-11H,2-3,12H2,1H3,(H2,20,24)(H,21,23). The molecular weight excluding hydrogens is 320 g/mol. The normalized spacial score (nSPS) is 10.1. The van der Waals surface area contributed by atoms with E-state index in [1.807, 2.05) is 0 Å². The molecule has 0 unspecified atom stereocenters. The lowest BCUT2D eigenvalue weighted by Gasteiger charge is -2.08. The second kappa shape index (κ2) is 8.63. The van der Waals surface area contributed by atoms with Crippen LogP contribution in [0.2, 0.25) is 0 Å². The van der Waals surface area contributed by atoms with E-state index in [1.54, 1.807) is 48.5 Å². The Labute approximate surface area is 146 Å². The van der Waals surface area contributed by atoms with Crippen LogP contribution in [0.15, 0.2) is 48.5 Å². The van der Waals surface area contributed by atoms with E-state index >= 15 is 0 Å². The largest absolute Gasteiger partial charge is 0.494 e. The van der Waals surface area contributed by atoms with Gasteiger partial charge >= 0.3 is 0 Å². The first kappa shape index (κ1) is 18.2. The van der Waals surface area contributed by atoms with Crippen molar-refractivity contribution >= 4 is 23.3 Å². The third-order valence-electron chi connectivity index (χ3n) is 3.53. The van der Waals surface area contributed by atoms with Gasteiger partial charge < -0.3 is 15.8 Å². The Morgan fingerprint density at radius 2 is 1.56 bits per heavy atom. The molecule has 25 heavy (non-hydrogen) atoms. The van der Waals surface area contributed by atoms with Crippen molar-refractivity contribution in [2.45, 2.75) is 19.8 Å². The van der Waals surface area contributed by atoms with Crippen molar-refractivity contribution in [3.05, 3.63) is 59.7 Å². The van der Waals surface area contributed by atoms with Crippen LogP contribution < -0.4 is 15.8 Å². The second-order valence-electron chi connectivity index (χ2n) is 5.52. The monoisotopic (exact) mass is 340 g/mol. The average molecular weight is 340 g/mol. The highest BCUT2D eigenvalue weighted by Gasteiger charge is 2.05. The number of nitrogens with one attached hydrogen (secondary N) is 1. The van der Waals surface area contributed by atoms with Crippen LogP contribution in [0.1, 0.15) is 40.5 Å². The number of benzene rings is 2. The number of hydrogen-bond acceptors (Lipinski definition) is 4. The van der Waals surface area contributed by atoms with Crippen LogP contribution in [0.3, 0.4) is 0 Å². The molecule has 3 N–H and O–H groups in total. The summed E-state index contributed by atoms with van der Waals surface area (Å²) in [5.41, 5.74) is 6.79. The lowest BCUT2D eigenvalue weighted by atomic mass is 10.1. The number of carbonyl (C=O) groups is 3. The number of amides is 2. The van der Waals surface area contributed by atoms with Gasteiger partial charge in [-0.25, -0.2) is 0 Å². The summed E-state index contributed by atoms with van der Waals surface area (Å²) in [6, 6.07) is 13.3. The van der Waals surface area contributed by atoms with E-state index in [9.17, 15) is 14.4 Å². The minimum atomic E-state index is -0.508. The molecule has 0 radical (unpaired) electrons. The molecule has 0 aliphatic carbocycles. The Morgan fingerprint density at radius 1 is 0.960 bits per heavy atom. The van der Waals surface area contributed by atoms with E-state index in [0.29, 0.717) is 42.0 Å². The predicted molar refractivity (Wildman–Crippen MR) is 94.8 cm³/mol. The molecule has 0 saturated carbocycles. The molecule has 130 valence electrons. The van der Waals surface area contributed by atoms with Gasteiger partial charge in [-0.2, -0.15) is 0 Å². The first-order valence-corrected chi connectivity index (χ1v) is 7.89. The van der Waals surface area contributed by atoms with Crippen LogP contribution in [0.25, 0.3) is 0 Å². The van der Waals surface area contributed by atoms with Gasteiger partial charge in [0.05, 0.1) is 6.61 Å². The maximum atomic E-state index is 11.9. The fourth-order valence-corrected chi connectivity index (χ4v) is 2.15. The van der Waals surface area contributed by atoms with Gasteiger partial charge in [0.2, 0.25) is 11.8 Å². The van der Waals surface area contributed by atoms with Crippen LogP contribution in [0.4, 0.5) is 5.69 Å². The van der Waals surface area contributed by atoms with Crippen molar-refractivity contribution < 1.29 is 19.1 Å². The van der Waals surface area contributed by atoms with E-state index in [-0.39, 0.29) is 11.7 Å². The van der Waals surface area contributed by atoms with Crippen LogP contribution in [-0.4, -0.2) is 24.2 Å². The van der Waals surface area contributed by atoms with Crippen LogP contribution >= 0.6 is 0 Å². The number of ether oxygens (including phenoxy) is 1. The third-order valence-corrected chi connectivity index (χ3v) is 3.53. The van der Waals surface area contributed by atoms with Crippen molar-refractivity contribution in [3.63, 3.8) is 0 Å². The van der Waals surface area contributed by atoms with Crippen molar-refractivity contribution in [1.29, 1.82) is 0 Å². The van der Waals surface area contributed by atoms with E-state index in [4.69, 9.17) is 10.5 Å². The molecular formula is C19H20N2O4. The zero-order chi connectivity index (χ0) is 18.2. The van der Waals surface area contributed by atoms with Gasteiger partial charge in [0.15, 0.2) is 5.78 Å². The summed E-state index contributed by atoms with van der Waals surface area (Å²) in [6.07, 6.45) is 0.864. The Hall–Kier alpha value is -3.15. The molecule has 2 amide bonds. The molecule has 2 rings (SSSR count). The second-order valence-corrected chi connectivity index (χ2v) is 5.52. The summed E-state index contributed by atoms with van der Waals surface area (Å²) in [4.78, 5) is 34.0. The molecule has 0 fully saturated rings. The third kappa shape index (κ3) is 5.76. The van der Waals surface area contributed by atoms with Gasteiger partial charge in [-0.15, -0.1) is 0 Å². The number of rotatable bonds is 8. The van der Waals surface area contributed by atoms with Crippen molar-refractivity contribution in [3.8, 4) is 5.75 Å². The maximum Gasteiger partial charge on any atom is 0.248 e. The molecule has 0 aromatic heterocycles. The van der Waals surface area contributed by atoms with Crippen LogP contribution in [0.5, 0.6) is 5.75 Å². The number of nitrogens with two attached hydrogens (primary N) is 1. The van der Waals surface area contributed by atoms with Crippen molar-refractivity contribution in [2.24, 2.45) is 5.73 Å². The number of carbonyl (C=O) groups excluding carboxylic acids is 3. The first-order chi connectivity index (χ1) is 12.0. The Kier molecular flexibility index (Phi) is 6.28. The van der Waals surface area contributed by atoms with E-state index < -0.39 is 5.91 Å². The molecule has 6 nitrogen and oxygen atoms in total. The Morgan fingerprint density at radius 3 is 2.12 bits per heavy atom. The number of Topliss-reactive ketones (excluding diaryl/α,β-unsaturated/α-hetero) is 1. The summed E-state index contributed by atoms with van der Waals surface area (Å²) in [6.45, 7) is 1.91. The molecule has 0 saturated heterocycles. The molecule has 0 heterocycles. The van der Waals surface area contributed by atoms with E-state index in [2.05, 4.69) is 5.32 Å². The summed E-state index contributed by atoms with van der Waals surface area (Å²) in [5, 5.41) is 2.74. The smallest absolute Gasteiger partial charge is 0.248 e. The fourth-order valence-electron chi connectivity index (χ4n) is 2.15. The van der Waals surface area contributed by atoms with Crippen LogP contribution in [0, 0.1) is 0 Å². The van der Waals surface area contributed by atoms with Gasteiger partial charge in [-0.1, -0.05) is 0 Å². The molecule has 2 aromatic rings. The van der Waals surface area contributed by atoms with Crippen LogP contribution in [-0.2, 0) is 4.79 Å². The van der Waals surface area contributed by atoms with Gasteiger partial charge in [-0.3, -0.25) is 14.4 Å². The summed E-state index contributed by atoms with van der Waals surface area (Å²) in [7, 11) is 0. The Bertz CT molecular complexity index is 752. The SMILES string of the molecule is CC(=O)c1ccc(OCCCC(=O)Nc2ccc(C(N)=O)cc2)cc1. The topological polar surface area (TPSA) is 98.5 Å². The molecule has 6 heteroatoms. The number of anilines is 1. The van der Waals surface area contributed by atoms with Gasteiger partial charge in [0, 0.05) is 23.2 Å². The molecule has 0 bridgehead atoms. The highest BCUT2D eigenvalue weighted by molar-refractivity contribution is 5.95. The zero-order valence-corrected chi connectivity index (χ0v) is 14.0. The fraction of sp³-hybridized carbons (Fsp3) is 0.211. The minimum absolute atomic E-state index is 0.00656. The minimum Gasteiger partial charge on any atom is -0.494 e. The highest BCUT2D eigenvalue weighted by Crippen LogP contribution is 2.13. The lowest BCUT2D eigenvalue weighted by Crippen LogP contribution is -2.14. The molecule has 0 spiro atoms. The quantitative estimate of drug-likeness (QED) is 0.570. The highest BCUT2D eigenvalue weighted by atomic mass is 16.5. The van der Waals surface area contributed by atoms with Gasteiger partial charge in [-0.05, 0) is 61.9 Å². The molecule has 0 aliphatic rings. The Balaban J connectivity index is 1.71. The average Bonchev–Trinajstić information content (AvgIpc) is 2.59. The number of hydrogen-bond donors (Lipinski definition) is 2. The molecule has 2 aromatic carbocycles. The van der Waals surface area contributed by atoms with Gasteiger partial charge in [0.25, 0.3) is 0 Å². The zero-order valence-electron chi connectivity index (χ0n) is 14.0. The summed E-state index contributed by atoms with van der Waals surface area (Å²) < 4.78 is 5.54. The summed E-state index contributed by atoms with van der Waals surface area (Å²) >= 11 is 0. The molecule has 0 atom stereocenters. The molecule has 0 aliphatic heterocycles. The number of ketones is 1. The first-order valence-electron chi connectivity index (χ1n) is 7.89. The van der Waals surface area contributed by atoms with Crippen molar-refractivity contribution in [1.82, 2.24) is 0 Å². The maximum absolute atomic E-state index is 11.9. The lowest BCUT2D eigenvalue weighted by molar-refractivity contribution is -0.116. The number of primary amides is 1. The predicted octanol–water partition coefficient (Wildman–Crippen LogP) is 2.79. The van der Waals surface area contributed by atoms with E-state index in [1.165, 1.54) is 6.92 Å². The summed E-state index contributed by atoms with van der Waals surface area (Å²) in [5.74, 6) is 0.0215. The van der Waals surface area contributed by atoms with Crippen molar-refractivity contribution in [2.75, 3.05) is 11.9 Å². The van der Waals surface area contributed by atoms with E-state index in [0.717, 1.165) is 0 Å². The van der Waals surface area contributed by atoms with Gasteiger partial charge in [0.1, 0.15) is 5.75 Å².